The highest BCUT2D eigenvalue weighted by molar-refractivity contribution is 5.99. The number of hydrogen-bond donors (Lipinski definition) is 2. The zero-order valence-electron chi connectivity index (χ0n) is 10.9. The van der Waals surface area contributed by atoms with Crippen LogP contribution in [-0.4, -0.2) is 36.3 Å². The predicted molar refractivity (Wildman–Crippen MR) is 69.3 cm³/mol. The first-order valence-electron chi connectivity index (χ1n) is 6.01. The fraction of sp³-hybridized carbons (Fsp3) is 0.385. The Labute approximate surface area is 110 Å². The Kier molecular flexibility index (Phi) is 3.42. The highest BCUT2D eigenvalue weighted by Gasteiger charge is 2.29. The van der Waals surface area contributed by atoms with Crippen LogP contribution in [0.5, 0.6) is 0 Å². The molecule has 1 aliphatic heterocycles. The summed E-state index contributed by atoms with van der Waals surface area (Å²) in [5, 5.41) is 2.98. The summed E-state index contributed by atoms with van der Waals surface area (Å²) >= 11 is 0. The molecule has 1 atom stereocenters. The van der Waals surface area contributed by atoms with Crippen LogP contribution in [0.2, 0.25) is 0 Å². The minimum Gasteiger partial charge on any atom is -0.373 e. The number of likely N-dealkylation sites (tertiary alicyclic amines) is 1. The van der Waals surface area contributed by atoms with Crippen molar-refractivity contribution < 1.29 is 14.0 Å². The normalized spacial score (nSPS) is 18.8. The maximum absolute atomic E-state index is 13.5. The maximum atomic E-state index is 13.5. The van der Waals surface area contributed by atoms with Crippen LogP contribution >= 0.6 is 0 Å². The van der Waals surface area contributed by atoms with Crippen LogP contribution in [0.1, 0.15) is 22.3 Å². The van der Waals surface area contributed by atoms with Crippen molar-refractivity contribution in [2.75, 3.05) is 18.9 Å². The van der Waals surface area contributed by atoms with Crippen LogP contribution in [-0.2, 0) is 4.79 Å². The molecule has 1 saturated heterocycles. The minimum absolute atomic E-state index is 0.0441. The lowest BCUT2D eigenvalue weighted by molar-refractivity contribution is -0.127. The summed E-state index contributed by atoms with van der Waals surface area (Å²) in [7, 11) is 1.72. The molecule has 2 rings (SSSR count). The van der Waals surface area contributed by atoms with Gasteiger partial charge in [0.2, 0.25) is 5.91 Å². The second-order valence-corrected chi connectivity index (χ2v) is 4.76. The lowest BCUT2D eigenvalue weighted by Crippen LogP contribution is -2.31. The van der Waals surface area contributed by atoms with Gasteiger partial charge in [0.1, 0.15) is 11.9 Å². The van der Waals surface area contributed by atoms with Crippen molar-refractivity contribution in [1.82, 2.24) is 4.90 Å². The predicted octanol–water partition coefficient (Wildman–Crippen LogP) is 0.876. The summed E-state index contributed by atoms with van der Waals surface area (Å²) in [4.78, 5) is 24.8. The summed E-state index contributed by atoms with van der Waals surface area (Å²) < 4.78 is 13.5. The molecule has 3 N–H and O–H groups in total. The largest absolute Gasteiger partial charge is 0.373 e. The molecule has 1 fully saturated rings. The number of carbonyl (C=O) groups excluding carboxylic acids is 2. The number of carbonyl (C=O) groups is 2. The minimum atomic E-state index is -0.722. The van der Waals surface area contributed by atoms with Crippen LogP contribution in [0.15, 0.2) is 12.1 Å². The number of nitrogens with two attached hydrogens (primary N) is 1. The lowest BCUT2D eigenvalue weighted by atomic mass is 10.1. The molecule has 102 valence electrons. The fourth-order valence-electron chi connectivity index (χ4n) is 2.15. The number of primary amides is 1. The molecule has 5 nitrogen and oxygen atoms in total. The van der Waals surface area contributed by atoms with Gasteiger partial charge in [-0.1, -0.05) is 0 Å². The van der Waals surface area contributed by atoms with Gasteiger partial charge in [0.25, 0.3) is 5.91 Å². The summed E-state index contributed by atoms with van der Waals surface area (Å²) in [6.45, 7) is 2.25. The Bertz CT molecular complexity index is 545. The Morgan fingerprint density at radius 3 is 2.74 bits per heavy atom. The van der Waals surface area contributed by atoms with E-state index in [9.17, 15) is 14.0 Å². The third-order valence-corrected chi connectivity index (χ3v) is 3.32. The van der Waals surface area contributed by atoms with Crippen molar-refractivity contribution in [1.29, 1.82) is 0 Å². The van der Waals surface area contributed by atoms with Gasteiger partial charge in [-0.05, 0) is 31.0 Å². The summed E-state index contributed by atoms with van der Waals surface area (Å²) in [5.41, 5.74) is 6.09. The van der Waals surface area contributed by atoms with Gasteiger partial charge in [-0.25, -0.2) is 4.39 Å². The lowest BCUT2D eigenvalue weighted by Gasteiger charge is -2.16. The van der Waals surface area contributed by atoms with Crippen molar-refractivity contribution in [2.24, 2.45) is 5.73 Å². The number of nitrogens with one attached hydrogen (secondary N) is 1. The Morgan fingerprint density at radius 2 is 2.21 bits per heavy atom. The number of amides is 2. The Balaban J connectivity index is 2.32. The summed E-state index contributed by atoms with van der Waals surface area (Å²) in [6, 6.07) is 2.21. The molecule has 0 unspecified atom stereocenters. The van der Waals surface area contributed by atoms with Gasteiger partial charge < -0.3 is 16.0 Å². The smallest absolute Gasteiger partial charge is 0.250 e. The zero-order chi connectivity index (χ0) is 14.2. The van der Waals surface area contributed by atoms with Crippen molar-refractivity contribution in [3.63, 3.8) is 0 Å². The molecule has 0 aliphatic carbocycles. The van der Waals surface area contributed by atoms with E-state index in [-0.39, 0.29) is 11.5 Å². The molecule has 0 saturated carbocycles. The van der Waals surface area contributed by atoms with E-state index in [1.165, 1.54) is 6.07 Å². The Morgan fingerprint density at radius 1 is 1.53 bits per heavy atom. The standard InChI is InChI=1S/C13H16FN3O2/c1-7-5-11(8(12(15)18)6-9(7)14)16-10-3-4-17(2)13(10)19/h5-6,10,16H,3-4H2,1-2H3,(H2,15,18)/t10-/m1/s1. The third kappa shape index (κ3) is 2.52. The number of rotatable bonds is 3. The fourth-order valence-corrected chi connectivity index (χ4v) is 2.15. The van der Waals surface area contributed by atoms with Crippen LogP contribution < -0.4 is 11.1 Å². The van der Waals surface area contributed by atoms with Gasteiger partial charge in [0.05, 0.1) is 5.56 Å². The average Bonchev–Trinajstić information content (AvgIpc) is 2.65. The highest BCUT2D eigenvalue weighted by atomic mass is 19.1. The number of likely N-dealkylation sites (N-methyl/N-ethyl adjacent to an activating group) is 1. The van der Waals surface area contributed by atoms with E-state index >= 15 is 0 Å². The molecule has 2 amide bonds. The number of anilines is 1. The van der Waals surface area contributed by atoms with E-state index in [0.29, 0.717) is 24.2 Å². The molecular weight excluding hydrogens is 249 g/mol. The quantitative estimate of drug-likeness (QED) is 0.851. The first kappa shape index (κ1) is 13.3. The monoisotopic (exact) mass is 265 g/mol. The van der Waals surface area contributed by atoms with Crippen molar-refractivity contribution in [2.45, 2.75) is 19.4 Å². The molecule has 19 heavy (non-hydrogen) atoms. The van der Waals surface area contributed by atoms with Gasteiger partial charge in [-0.3, -0.25) is 9.59 Å². The van der Waals surface area contributed by atoms with Gasteiger partial charge in [0.15, 0.2) is 0 Å². The van der Waals surface area contributed by atoms with Crippen molar-refractivity contribution >= 4 is 17.5 Å². The maximum Gasteiger partial charge on any atom is 0.250 e. The van der Waals surface area contributed by atoms with E-state index in [1.54, 1.807) is 18.9 Å². The van der Waals surface area contributed by atoms with Crippen LogP contribution in [0, 0.1) is 12.7 Å². The third-order valence-electron chi connectivity index (χ3n) is 3.32. The molecule has 0 radical (unpaired) electrons. The number of aryl methyl sites for hydroxylation is 1. The first-order valence-corrected chi connectivity index (χ1v) is 6.01. The van der Waals surface area contributed by atoms with Crippen LogP contribution in [0.25, 0.3) is 0 Å². The second-order valence-electron chi connectivity index (χ2n) is 4.76. The topological polar surface area (TPSA) is 75.4 Å². The molecule has 1 aromatic carbocycles. The van der Waals surface area contributed by atoms with E-state index < -0.39 is 17.8 Å². The van der Waals surface area contributed by atoms with Gasteiger partial charge in [0, 0.05) is 19.3 Å². The zero-order valence-corrected chi connectivity index (χ0v) is 10.9. The first-order chi connectivity index (χ1) is 8.90. The van der Waals surface area contributed by atoms with Gasteiger partial charge in [-0.2, -0.15) is 0 Å². The molecule has 0 bridgehead atoms. The second kappa shape index (κ2) is 4.87. The molecule has 1 heterocycles. The number of halogens is 1. The summed E-state index contributed by atoms with van der Waals surface area (Å²) in [5.74, 6) is -1.26. The number of benzene rings is 1. The van der Waals surface area contributed by atoms with E-state index in [1.807, 2.05) is 0 Å². The van der Waals surface area contributed by atoms with Crippen LogP contribution in [0.3, 0.4) is 0 Å². The molecule has 0 aromatic heterocycles. The van der Waals surface area contributed by atoms with Crippen molar-refractivity contribution in [3.05, 3.63) is 29.1 Å². The Hall–Kier alpha value is -2.11. The SMILES string of the molecule is Cc1cc(N[C@@H]2CCN(C)C2=O)c(C(N)=O)cc1F. The van der Waals surface area contributed by atoms with E-state index in [2.05, 4.69) is 5.32 Å². The molecule has 0 spiro atoms. The van der Waals surface area contributed by atoms with Crippen molar-refractivity contribution in [3.8, 4) is 0 Å². The summed E-state index contributed by atoms with van der Waals surface area (Å²) in [6.07, 6.45) is 0.643. The number of hydrogen-bond acceptors (Lipinski definition) is 3. The van der Waals surface area contributed by atoms with Gasteiger partial charge in [-0.15, -0.1) is 0 Å². The van der Waals surface area contributed by atoms with Gasteiger partial charge >= 0.3 is 0 Å². The molecule has 6 heteroatoms. The molecule has 1 aliphatic rings. The molecule has 1 aromatic rings. The highest BCUT2D eigenvalue weighted by Crippen LogP contribution is 2.23. The number of nitrogens with zero attached hydrogens (tertiary/aromatic N) is 1. The molecular formula is C13H16FN3O2. The average molecular weight is 265 g/mol. The van der Waals surface area contributed by atoms with E-state index in [4.69, 9.17) is 5.73 Å². The van der Waals surface area contributed by atoms with E-state index in [0.717, 1.165) is 6.07 Å². The van der Waals surface area contributed by atoms with Crippen LogP contribution in [0.4, 0.5) is 10.1 Å².